The Balaban J connectivity index is 1.66. The number of rotatable bonds is 4. The van der Waals surface area contributed by atoms with E-state index >= 15 is 0 Å². The summed E-state index contributed by atoms with van der Waals surface area (Å²) in [5.74, 6) is 1.13. The van der Waals surface area contributed by atoms with Gasteiger partial charge in [0.15, 0.2) is 0 Å². The van der Waals surface area contributed by atoms with Gasteiger partial charge in [-0.1, -0.05) is 6.07 Å². The predicted octanol–water partition coefficient (Wildman–Crippen LogP) is 2.71. The summed E-state index contributed by atoms with van der Waals surface area (Å²) in [6, 6.07) is 5.16. The molecule has 18 heavy (non-hydrogen) atoms. The lowest BCUT2D eigenvalue weighted by Gasteiger charge is -2.32. The van der Waals surface area contributed by atoms with Crippen LogP contribution in [0.5, 0.6) is 0 Å². The van der Waals surface area contributed by atoms with Crippen LogP contribution in [-0.4, -0.2) is 23.1 Å². The molecule has 0 spiro atoms. The van der Waals surface area contributed by atoms with Gasteiger partial charge in [-0.3, -0.25) is 0 Å². The molecule has 2 aliphatic rings. The van der Waals surface area contributed by atoms with Crippen LogP contribution in [0.25, 0.3) is 0 Å². The van der Waals surface area contributed by atoms with Crippen molar-refractivity contribution < 1.29 is 0 Å². The summed E-state index contributed by atoms with van der Waals surface area (Å²) < 4.78 is 0. The standard InChI is InChI=1S/C15H23N3/c1-15(2)8-3-9-18(15)14-7-4-12(11-17-14)10-16-13-5-6-13/h4,7,11,13,16H,3,5-6,8-10H2,1-2H3. The van der Waals surface area contributed by atoms with Crippen LogP contribution in [0.3, 0.4) is 0 Å². The largest absolute Gasteiger partial charge is 0.352 e. The van der Waals surface area contributed by atoms with Crippen LogP contribution in [-0.2, 0) is 6.54 Å². The van der Waals surface area contributed by atoms with Gasteiger partial charge in [0.2, 0.25) is 0 Å². The molecule has 1 aliphatic heterocycles. The number of nitrogens with one attached hydrogen (secondary N) is 1. The predicted molar refractivity (Wildman–Crippen MR) is 74.8 cm³/mol. The monoisotopic (exact) mass is 245 g/mol. The highest BCUT2D eigenvalue weighted by molar-refractivity contribution is 5.43. The maximum Gasteiger partial charge on any atom is 0.128 e. The molecule has 0 aromatic carbocycles. The van der Waals surface area contributed by atoms with Gasteiger partial charge < -0.3 is 10.2 Å². The topological polar surface area (TPSA) is 28.2 Å². The van der Waals surface area contributed by atoms with Gasteiger partial charge in [-0.2, -0.15) is 0 Å². The van der Waals surface area contributed by atoms with Crippen molar-refractivity contribution in [1.82, 2.24) is 10.3 Å². The van der Waals surface area contributed by atoms with Gasteiger partial charge in [0.25, 0.3) is 0 Å². The van der Waals surface area contributed by atoms with E-state index in [2.05, 4.69) is 41.2 Å². The van der Waals surface area contributed by atoms with E-state index in [-0.39, 0.29) is 5.54 Å². The van der Waals surface area contributed by atoms with Crippen molar-refractivity contribution in [2.24, 2.45) is 0 Å². The zero-order chi connectivity index (χ0) is 12.6. The molecule has 0 atom stereocenters. The van der Waals surface area contributed by atoms with Crippen molar-refractivity contribution in [3.05, 3.63) is 23.9 Å². The Labute approximate surface area is 110 Å². The van der Waals surface area contributed by atoms with Crippen molar-refractivity contribution >= 4 is 5.82 Å². The van der Waals surface area contributed by atoms with Gasteiger partial charge in [-0.15, -0.1) is 0 Å². The molecule has 1 aromatic heterocycles. The van der Waals surface area contributed by atoms with Crippen LogP contribution >= 0.6 is 0 Å². The second-order valence-corrected chi connectivity index (χ2v) is 6.25. The van der Waals surface area contributed by atoms with E-state index in [9.17, 15) is 0 Å². The molecular weight excluding hydrogens is 222 g/mol. The van der Waals surface area contributed by atoms with E-state index < -0.39 is 0 Å². The van der Waals surface area contributed by atoms with Gasteiger partial charge in [-0.25, -0.2) is 4.98 Å². The highest BCUT2D eigenvalue weighted by Gasteiger charge is 2.32. The van der Waals surface area contributed by atoms with Gasteiger partial charge in [0, 0.05) is 30.9 Å². The number of anilines is 1. The Bertz CT molecular complexity index is 406. The van der Waals surface area contributed by atoms with Gasteiger partial charge in [0.1, 0.15) is 5.82 Å². The summed E-state index contributed by atoms with van der Waals surface area (Å²) in [6.07, 6.45) is 7.25. The zero-order valence-electron chi connectivity index (χ0n) is 11.4. The fourth-order valence-electron chi connectivity index (χ4n) is 2.76. The van der Waals surface area contributed by atoms with Crippen molar-refractivity contribution in [2.75, 3.05) is 11.4 Å². The molecule has 1 aromatic rings. The third kappa shape index (κ3) is 2.51. The average molecular weight is 245 g/mol. The molecule has 1 saturated carbocycles. The SMILES string of the molecule is CC1(C)CCCN1c1ccc(CNC2CC2)cn1. The number of aromatic nitrogens is 1. The molecule has 2 fully saturated rings. The maximum atomic E-state index is 4.64. The van der Waals surface area contributed by atoms with Crippen LogP contribution in [0.2, 0.25) is 0 Å². The summed E-state index contributed by atoms with van der Waals surface area (Å²) >= 11 is 0. The van der Waals surface area contributed by atoms with Crippen LogP contribution in [0.4, 0.5) is 5.82 Å². The first-order chi connectivity index (χ1) is 8.65. The molecule has 2 heterocycles. The number of hydrogen-bond acceptors (Lipinski definition) is 3. The minimum absolute atomic E-state index is 0.265. The summed E-state index contributed by atoms with van der Waals surface area (Å²) in [5.41, 5.74) is 1.56. The van der Waals surface area contributed by atoms with E-state index in [4.69, 9.17) is 0 Å². The molecule has 0 radical (unpaired) electrons. The lowest BCUT2D eigenvalue weighted by molar-refractivity contribution is 0.514. The normalized spacial score (nSPS) is 22.4. The fourth-order valence-corrected chi connectivity index (χ4v) is 2.76. The first-order valence-electron chi connectivity index (χ1n) is 7.11. The minimum atomic E-state index is 0.265. The van der Waals surface area contributed by atoms with Crippen LogP contribution in [0.15, 0.2) is 18.3 Å². The molecule has 3 heteroatoms. The van der Waals surface area contributed by atoms with Crippen molar-refractivity contribution in [1.29, 1.82) is 0 Å². The Morgan fingerprint density at radius 2 is 2.22 bits per heavy atom. The molecule has 1 saturated heterocycles. The lowest BCUT2D eigenvalue weighted by atomic mass is 10.0. The van der Waals surface area contributed by atoms with E-state index in [1.165, 1.54) is 31.2 Å². The summed E-state index contributed by atoms with van der Waals surface area (Å²) in [7, 11) is 0. The molecule has 1 aliphatic carbocycles. The zero-order valence-corrected chi connectivity index (χ0v) is 11.4. The number of hydrogen-bond donors (Lipinski definition) is 1. The second kappa shape index (κ2) is 4.54. The smallest absolute Gasteiger partial charge is 0.128 e. The highest BCUT2D eigenvalue weighted by Crippen LogP contribution is 2.32. The third-order valence-electron chi connectivity index (χ3n) is 4.16. The molecule has 0 unspecified atom stereocenters. The van der Waals surface area contributed by atoms with Crippen LogP contribution in [0, 0.1) is 0 Å². The van der Waals surface area contributed by atoms with E-state index in [0.29, 0.717) is 0 Å². The Morgan fingerprint density at radius 1 is 1.39 bits per heavy atom. The molecule has 3 rings (SSSR count). The van der Waals surface area contributed by atoms with E-state index in [0.717, 1.165) is 24.9 Å². The molecule has 0 amide bonds. The van der Waals surface area contributed by atoms with Crippen molar-refractivity contribution in [2.45, 2.75) is 57.7 Å². The summed E-state index contributed by atoms with van der Waals surface area (Å²) in [5, 5.41) is 3.52. The summed E-state index contributed by atoms with van der Waals surface area (Å²) in [4.78, 5) is 7.08. The Morgan fingerprint density at radius 3 is 2.78 bits per heavy atom. The number of nitrogens with zero attached hydrogens (tertiary/aromatic N) is 2. The average Bonchev–Trinajstić information content (AvgIpc) is 3.11. The number of pyridine rings is 1. The van der Waals surface area contributed by atoms with Crippen molar-refractivity contribution in [3.8, 4) is 0 Å². The first-order valence-corrected chi connectivity index (χ1v) is 7.11. The van der Waals surface area contributed by atoms with Crippen LogP contribution in [0.1, 0.15) is 45.1 Å². The Kier molecular flexibility index (Phi) is 3.02. The Hall–Kier alpha value is -1.09. The minimum Gasteiger partial charge on any atom is -0.352 e. The highest BCUT2D eigenvalue weighted by atomic mass is 15.3. The van der Waals surface area contributed by atoms with E-state index in [1.54, 1.807) is 0 Å². The van der Waals surface area contributed by atoms with E-state index in [1.807, 2.05) is 6.20 Å². The molecule has 1 N–H and O–H groups in total. The van der Waals surface area contributed by atoms with Gasteiger partial charge in [-0.05, 0) is 51.2 Å². The second-order valence-electron chi connectivity index (χ2n) is 6.25. The third-order valence-corrected chi connectivity index (χ3v) is 4.16. The van der Waals surface area contributed by atoms with Crippen molar-refractivity contribution in [3.63, 3.8) is 0 Å². The molecule has 98 valence electrons. The van der Waals surface area contributed by atoms with Gasteiger partial charge >= 0.3 is 0 Å². The first kappa shape index (κ1) is 12.0. The summed E-state index contributed by atoms with van der Waals surface area (Å²) in [6.45, 7) is 6.72. The maximum absolute atomic E-state index is 4.64. The molecular formula is C15H23N3. The molecule has 3 nitrogen and oxygen atoms in total. The fraction of sp³-hybridized carbons (Fsp3) is 0.667. The molecule has 0 bridgehead atoms. The van der Waals surface area contributed by atoms with Gasteiger partial charge in [0.05, 0.1) is 0 Å². The lowest BCUT2D eigenvalue weighted by Crippen LogP contribution is -2.38. The van der Waals surface area contributed by atoms with Crippen LogP contribution < -0.4 is 10.2 Å². The quantitative estimate of drug-likeness (QED) is 0.884.